The maximum atomic E-state index is 13.7. The molecule has 0 radical (unpaired) electrons. The number of fused-ring (bicyclic) bond motifs is 1. The Kier molecular flexibility index (Phi) is 3.93. The van der Waals surface area contributed by atoms with Gasteiger partial charge in [0.15, 0.2) is 0 Å². The molecule has 3 rings (SSSR count). The number of anilines is 1. The van der Waals surface area contributed by atoms with Crippen LogP contribution < -0.4 is 5.32 Å². The quantitative estimate of drug-likeness (QED) is 0.907. The lowest BCUT2D eigenvalue weighted by atomic mass is 10.1. The molecule has 0 spiro atoms. The first-order chi connectivity index (χ1) is 10.1. The molecule has 1 aliphatic carbocycles. The van der Waals surface area contributed by atoms with E-state index in [0.717, 1.165) is 24.9 Å². The molecule has 2 aromatic carbocycles. The predicted octanol–water partition coefficient (Wildman–Crippen LogP) is 4.15. The van der Waals surface area contributed by atoms with Crippen LogP contribution in [0.1, 0.15) is 23.1 Å². The van der Waals surface area contributed by atoms with Crippen LogP contribution in [-0.4, -0.2) is 5.91 Å². The van der Waals surface area contributed by atoms with Gasteiger partial charge in [-0.25, -0.2) is 4.39 Å². The van der Waals surface area contributed by atoms with Crippen LogP contribution in [0.3, 0.4) is 0 Å². The van der Waals surface area contributed by atoms with Crippen molar-refractivity contribution in [1.82, 2.24) is 0 Å². The van der Waals surface area contributed by atoms with E-state index in [9.17, 15) is 9.18 Å². The van der Waals surface area contributed by atoms with Crippen LogP contribution in [0, 0.1) is 5.82 Å². The van der Waals surface area contributed by atoms with Crippen molar-refractivity contribution in [3.05, 3.63) is 63.9 Å². The van der Waals surface area contributed by atoms with Crippen molar-refractivity contribution in [3.63, 3.8) is 0 Å². The van der Waals surface area contributed by atoms with Crippen LogP contribution in [0.25, 0.3) is 0 Å². The van der Waals surface area contributed by atoms with Gasteiger partial charge in [0.05, 0.1) is 6.42 Å². The van der Waals surface area contributed by atoms with Crippen molar-refractivity contribution in [2.75, 3.05) is 5.32 Å². The summed E-state index contributed by atoms with van der Waals surface area (Å²) in [6, 6.07) is 10.4. The zero-order valence-corrected chi connectivity index (χ0v) is 12.2. The van der Waals surface area contributed by atoms with Gasteiger partial charge in [0.1, 0.15) is 5.82 Å². The molecule has 0 heterocycles. The molecule has 0 aliphatic heterocycles. The molecule has 2 nitrogen and oxygen atoms in total. The molecule has 4 heteroatoms. The zero-order valence-electron chi connectivity index (χ0n) is 11.5. The van der Waals surface area contributed by atoms with Gasteiger partial charge in [0, 0.05) is 16.3 Å². The predicted molar refractivity (Wildman–Crippen MR) is 82.2 cm³/mol. The molecule has 0 aromatic heterocycles. The summed E-state index contributed by atoms with van der Waals surface area (Å²) in [6.45, 7) is 0. The summed E-state index contributed by atoms with van der Waals surface area (Å²) in [5, 5.41) is 3.09. The molecule has 2 aromatic rings. The van der Waals surface area contributed by atoms with Gasteiger partial charge in [-0.15, -0.1) is 0 Å². The summed E-state index contributed by atoms with van der Waals surface area (Å²) in [5.74, 6) is -0.716. The number of halogens is 2. The first kappa shape index (κ1) is 14.1. The number of carbonyl (C=O) groups excluding carboxylic acids is 1. The highest BCUT2D eigenvalue weighted by molar-refractivity contribution is 6.31. The number of nitrogens with one attached hydrogen (secondary N) is 1. The van der Waals surface area contributed by atoms with E-state index in [1.807, 2.05) is 18.2 Å². The number of aryl methyl sites for hydroxylation is 2. The molecule has 1 aliphatic rings. The third-order valence-corrected chi connectivity index (χ3v) is 4.14. The molecule has 0 fully saturated rings. The second kappa shape index (κ2) is 5.86. The topological polar surface area (TPSA) is 29.1 Å². The standard InChI is InChI=1S/C17H15ClFNO/c18-15-5-2-6-16(19)14(15)10-17(21)20-13-8-7-11-3-1-4-12(11)9-13/h2,5-9H,1,3-4,10H2,(H,20,21). The first-order valence-electron chi connectivity index (χ1n) is 6.98. The number of hydrogen-bond acceptors (Lipinski definition) is 1. The van der Waals surface area contributed by atoms with E-state index in [1.165, 1.54) is 23.3 Å². The Labute approximate surface area is 127 Å². The van der Waals surface area contributed by atoms with E-state index >= 15 is 0 Å². The highest BCUT2D eigenvalue weighted by atomic mass is 35.5. The zero-order chi connectivity index (χ0) is 14.8. The summed E-state index contributed by atoms with van der Waals surface area (Å²) in [6.07, 6.45) is 3.26. The van der Waals surface area contributed by atoms with Gasteiger partial charge in [-0.1, -0.05) is 23.7 Å². The fourth-order valence-electron chi connectivity index (χ4n) is 2.72. The van der Waals surface area contributed by atoms with Gasteiger partial charge >= 0.3 is 0 Å². The minimum Gasteiger partial charge on any atom is -0.326 e. The molecule has 21 heavy (non-hydrogen) atoms. The average Bonchev–Trinajstić information content (AvgIpc) is 2.90. The fourth-order valence-corrected chi connectivity index (χ4v) is 2.95. The molecule has 0 bridgehead atoms. The molecule has 108 valence electrons. The Hall–Kier alpha value is -1.87. The minimum atomic E-state index is -0.452. The van der Waals surface area contributed by atoms with Crippen molar-refractivity contribution >= 4 is 23.2 Å². The van der Waals surface area contributed by atoms with Crippen LogP contribution in [-0.2, 0) is 24.1 Å². The van der Waals surface area contributed by atoms with Crippen LogP contribution in [0.2, 0.25) is 5.02 Å². The van der Waals surface area contributed by atoms with E-state index in [1.54, 1.807) is 6.07 Å². The van der Waals surface area contributed by atoms with Crippen molar-refractivity contribution in [2.45, 2.75) is 25.7 Å². The Morgan fingerprint density at radius 3 is 2.81 bits per heavy atom. The third-order valence-electron chi connectivity index (χ3n) is 3.78. The lowest BCUT2D eigenvalue weighted by molar-refractivity contribution is -0.115. The molecule has 0 unspecified atom stereocenters. The van der Waals surface area contributed by atoms with Gasteiger partial charge in [-0.05, 0) is 54.7 Å². The maximum absolute atomic E-state index is 13.7. The van der Waals surface area contributed by atoms with Gasteiger partial charge in [-0.3, -0.25) is 4.79 Å². The lowest BCUT2D eigenvalue weighted by Gasteiger charge is -2.09. The highest BCUT2D eigenvalue weighted by Gasteiger charge is 2.14. The van der Waals surface area contributed by atoms with Gasteiger partial charge in [0.25, 0.3) is 0 Å². The highest BCUT2D eigenvalue weighted by Crippen LogP contribution is 2.25. The first-order valence-corrected chi connectivity index (χ1v) is 7.36. The van der Waals surface area contributed by atoms with Crippen LogP contribution in [0.5, 0.6) is 0 Å². The molecule has 0 atom stereocenters. The van der Waals surface area contributed by atoms with E-state index in [4.69, 9.17) is 11.6 Å². The van der Waals surface area contributed by atoms with E-state index in [-0.39, 0.29) is 22.9 Å². The number of hydrogen-bond donors (Lipinski definition) is 1. The molecular formula is C17H15ClFNO. The third kappa shape index (κ3) is 3.08. The largest absolute Gasteiger partial charge is 0.326 e. The van der Waals surface area contributed by atoms with Gasteiger partial charge in [-0.2, -0.15) is 0 Å². The van der Waals surface area contributed by atoms with E-state index < -0.39 is 5.82 Å². The molecule has 0 saturated heterocycles. The smallest absolute Gasteiger partial charge is 0.228 e. The number of benzene rings is 2. The maximum Gasteiger partial charge on any atom is 0.228 e. The summed E-state index contributed by atoms with van der Waals surface area (Å²) in [5.41, 5.74) is 3.63. The molecule has 1 amide bonds. The Morgan fingerprint density at radius 2 is 2.00 bits per heavy atom. The Balaban J connectivity index is 1.72. The normalized spacial score (nSPS) is 13.0. The van der Waals surface area contributed by atoms with Crippen molar-refractivity contribution in [1.29, 1.82) is 0 Å². The Bertz CT molecular complexity index is 679. The molecule has 0 saturated carbocycles. The average molecular weight is 304 g/mol. The van der Waals surface area contributed by atoms with Crippen LogP contribution >= 0.6 is 11.6 Å². The van der Waals surface area contributed by atoms with Crippen LogP contribution in [0.15, 0.2) is 36.4 Å². The summed E-state index contributed by atoms with van der Waals surface area (Å²) < 4.78 is 13.7. The Morgan fingerprint density at radius 1 is 1.19 bits per heavy atom. The molecular weight excluding hydrogens is 289 g/mol. The van der Waals surface area contributed by atoms with E-state index in [0.29, 0.717) is 0 Å². The fraction of sp³-hybridized carbons (Fsp3) is 0.235. The van der Waals surface area contributed by atoms with Gasteiger partial charge in [0.2, 0.25) is 5.91 Å². The molecule has 1 N–H and O–H groups in total. The van der Waals surface area contributed by atoms with Crippen molar-refractivity contribution < 1.29 is 9.18 Å². The van der Waals surface area contributed by atoms with Crippen LogP contribution in [0.4, 0.5) is 10.1 Å². The van der Waals surface area contributed by atoms with Crippen molar-refractivity contribution in [2.24, 2.45) is 0 Å². The monoisotopic (exact) mass is 303 g/mol. The number of amides is 1. The van der Waals surface area contributed by atoms with E-state index in [2.05, 4.69) is 5.32 Å². The summed E-state index contributed by atoms with van der Waals surface area (Å²) >= 11 is 5.93. The number of rotatable bonds is 3. The number of carbonyl (C=O) groups is 1. The summed E-state index contributed by atoms with van der Waals surface area (Å²) in [7, 11) is 0. The summed E-state index contributed by atoms with van der Waals surface area (Å²) in [4.78, 5) is 12.1. The second-order valence-corrected chi connectivity index (χ2v) is 5.67. The minimum absolute atomic E-state index is 0.0669. The SMILES string of the molecule is O=C(Cc1c(F)cccc1Cl)Nc1ccc2c(c1)CCC2. The lowest BCUT2D eigenvalue weighted by Crippen LogP contribution is -2.15. The second-order valence-electron chi connectivity index (χ2n) is 5.26. The van der Waals surface area contributed by atoms with Gasteiger partial charge < -0.3 is 5.32 Å². The van der Waals surface area contributed by atoms with Crippen molar-refractivity contribution in [3.8, 4) is 0 Å².